The van der Waals surface area contributed by atoms with Crippen molar-refractivity contribution in [2.75, 3.05) is 13.2 Å². The summed E-state index contributed by atoms with van der Waals surface area (Å²) in [6.07, 6.45) is -4.39. The van der Waals surface area contributed by atoms with Crippen molar-refractivity contribution in [2.24, 2.45) is 4.99 Å². The van der Waals surface area contributed by atoms with Gasteiger partial charge in [-0.2, -0.15) is 13.2 Å². The molecule has 0 amide bonds. The van der Waals surface area contributed by atoms with Gasteiger partial charge >= 0.3 is 12.1 Å². The fourth-order valence-corrected chi connectivity index (χ4v) is 3.55. The van der Waals surface area contributed by atoms with Gasteiger partial charge in [0.25, 0.3) is 0 Å². The number of carbonyl (C=O) groups excluding carboxylic acids is 1. The zero-order chi connectivity index (χ0) is 22.3. The Bertz CT molecular complexity index is 903. The highest BCUT2D eigenvalue weighted by Crippen LogP contribution is 2.29. The fourth-order valence-electron chi connectivity index (χ4n) is 2.59. The minimum Gasteiger partial charge on any atom is -0.462 e. The molecule has 0 spiro atoms. The Hall–Kier alpha value is -1.89. The van der Waals surface area contributed by atoms with Crippen molar-refractivity contribution in [1.82, 2.24) is 15.6 Å². The van der Waals surface area contributed by atoms with Crippen LogP contribution in [0.4, 0.5) is 13.2 Å². The first kappa shape index (κ1) is 27.1. The predicted octanol–water partition coefficient (Wildman–Crippen LogP) is 5.08. The molecule has 2 N–H and O–H groups in total. The van der Waals surface area contributed by atoms with E-state index in [4.69, 9.17) is 4.74 Å². The largest absolute Gasteiger partial charge is 0.462 e. The summed E-state index contributed by atoms with van der Waals surface area (Å²) >= 11 is 1.24. The molecule has 31 heavy (non-hydrogen) atoms. The van der Waals surface area contributed by atoms with Crippen molar-refractivity contribution in [1.29, 1.82) is 0 Å². The van der Waals surface area contributed by atoms with Gasteiger partial charge in [0.2, 0.25) is 0 Å². The zero-order valence-corrected chi connectivity index (χ0v) is 20.8. The molecular formula is C20H26F3IN4O2S. The summed E-state index contributed by atoms with van der Waals surface area (Å²) in [6, 6.07) is 4.82. The van der Waals surface area contributed by atoms with Crippen LogP contribution in [-0.4, -0.2) is 30.1 Å². The third-order valence-electron chi connectivity index (χ3n) is 4.02. The molecule has 6 nitrogen and oxygen atoms in total. The molecule has 0 aliphatic heterocycles. The van der Waals surface area contributed by atoms with Crippen LogP contribution in [0.15, 0.2) is 29.3 Å². The number of guanidine groups is 1. The number of esters is 1. The van der Waals surface area contributed by atoms with Crippen molar-refractivity contribution in [3.63, 3.8) is 0 Å². The second-order valence-corrected chi connectivity index (χ2v) is 7.48. The number of hydrogen-bond acceptors (Lipinski definition) is 5. The van der Waals surface area contributed by atoms with Gasteiger partial charge in [-0.3, -0.25) is 0 Å². The number of rotatable bonds is 7. The Kier molecular flexibility index (Phi) is 10.7. The van der Waals surface area contributed by atoms with Gasteiger partial charge in [0, 0.05) is 6.54 Å². The van der Waals surface area contributed by atoms with Gasteiger partial charge in [-0.25, -0.2) is 14.8 Å². The lowest BCUT2D eigenvalue weighted by molar-refractivity contribution is -0.137. The van der Waals surface area contributed by atoms with Crippen molar-refractivity contribution in [3.8, 4) is 0 Å². The summed E-state index contributed by atoms with van der Waals surface area (Å²) in [4.78, 5) is 21.3. The number of aromatic nitrogens is 1. The summed E-state index contributed by atoms with van der Waals surface area (Å²) in [5, 5.41) is 6.92. The van der Waals surface area contributed by atoms with E-state index in [2.05, 4.69) is 20.6 Å². The maximum atomic E-state index is 12.9. The van der Waals surface area contributed by atoms with Gasteiger partial charge in [0.05, 0.1) is 30.5 Å². The summed E-state index contributed by atoms with van der Waals surface area (Å²) in [5.41, 5.74) is 0.337. The standard InChI is InChI=1S/C20H25F3N4O2S.HI/c1-5-24-19(25-11-14-8-7-9-15(10-14)20(21,22)23)27-13(4)17-26-12(3)16(30-17)18(28)29-6-2;/h7-10,13H,5-6,11H2,1-4H3,(H2,24,25,27);1H. The summed E-state index contributed by atoms with van der Waals surface area (Å²) < 4.78 is 43.7. The van der Waals surface area contributed by atoms with Crippen LogP contribution in [0, 0.1) is 6.92 Å². The van der Waals surface area contributed by atoms with Crippen LogP contribution in [0.5, 0.6) is 0 Å². The number of ether oxygens (including phenoxy) is 1. The van der Waals surface area contributed by atoms with Crippen LogP contribution in [-0.2, 0) is 17.5 Å². The van der Waals surface area contributed by atoms with Gasteiger partial charge in [0.15, 0.2) is 5.96 Å². The van der Waals surface area contributed by atoms with Gasteiger partial charge in [-0.15, -0.1) is 35.3 Å². The Balaban J connectivity index is 0.00000480. The minimum atomic E-state index is -4.39. The maximum absolute atomic E-state index is 12.9. The number of thiazole rings is 1. The average Bonchev–Trinajstić information content (AvgIpc) is 3.08. The molecule has 0 saturated carbocycles. The lowest BCUT2D eigenvalue weighted by Crippen LogP contribution is -2.38. The van der Waals surface area contributed by atoms with E-state index < -0.39 is 17.7 Å². The van der Waals surface area contributed by atoms with Gasteiger partial charge in [-0.1, -0.05) is 12.1 Å². The Morgan fingerprint density at radius 1 is 1.32 bits per heavy atom. The predicted molar refractivity (Wildman–Crippen MR) is 126 cm³/mol. The van der Waals surface area contributed by atoms with E-state index in [-0.39, 0.29) is 43.2 Å². The molecular weight excluding hydrogens is 544 g/mol. The lowest BCUT2D eigenvalue weighted by Gasteiger charge is -2.16. The fraction of sp³-hybridized carbons (Fsp3) is 0.450. The van der Waals surface area contributed by atoms with E-state index in [0.717, 1.165) is 12.1 Å². The van der Waals surface area contributed by atoms with Crippen LogP contribution in [0.2, 0.25) is 0 Å². The normalized spacial score (nSPS) is 12.7. The molecule has 172 valence electrons. The number of alkyl halides is 3. The van der Waals surface area contributed by atoms with E-state index in [9.17, 15) is 18.0 Å². The number of aliphatic imine (C=N–C) groups is 1. The molecule has 1 aromatic carbocycles. The minimum absolute atomic E-state index is 0. The molecule has 0 aliphatic carbocycles. The lowest BCUT2D eigenvalue weighted by atomic mass is 10.1. The van der Waals surface area contributed by atoms with Gasteiger partial charge in [-0.05, 0) is 45.4 Å². The third-order valence-corrected chi connectivity index (χ3v) is 5.34. The van der Waals surface area contributed by atoms with Crippen LogP contribution in [0.1, 0.15) is 58.3 Å². The van der Waals surface area contributed by atoms with Crippen LogP contribution < -0.4 is 10.6 Å². The van der Waals surface area contributed by atoms with E-state index in [1.54, 1.807) is 19.9 Å². The van der Waals surface area contributed by atoms with E-state index in [1.165, 1.54) is 17.4 Å². The number of carbonyl (C=O) groups is 1. The quantitative estimate of drug-likeness (QED) is 0.210. The average molecular weight is 570 g/mol. The smallest absolute Gasteiger partial charge is 0.416 e. The van der Waals surface area contributed by atoms with Crippen LogP contribution >= 0.6 is 35.3 Å². The number of nitrogens with one attached hydrogen (secondary N) is 2. The topological polar surface area (TPSA) is 75.6 Å². The number of halogens is 4. The third kappa shape index (κ3) is 7.95. The second kappa shape index (κ2) is 12.2. The molecule has 0 aliphatic rings. The van der Waals surface area contributed by atoms with E-state index >= 15 is 0 Å². The van der Waals surface area contributed by atoms with Gasteiger partial charge in [0.1, 0.15) is 9.88 Å². The number of aryl methyl sites for hydroxylation is 1. The first-order valence-corrected chi connectivity index (χ1v) is 10.3. The van der Waals surface area contributed by atoms with Crippen molar-refractivity contribution in [2.45, 2.75) is 46.5 Å². The van der Waals surface area contributed by atoms with E-state index in [1.807, 2.05) is 13.8 Å². The van der Waals surface area contributed by atoms with Gasteiger partial charge < -0.3 is 15.4 Å². The molecule has 0 fully saturated rings. The number of nitrogens with zero attached hydrogens (tertiary/aromatic N) is 2. The monoisotopic (exact) mass is 570 g/mol. The Labute approximate surface area is 200 Å². The van der Waals surface area contributed by atoms with Crippen LogP contribution in [0.3, 0.4) is 0 Å². The SMILES string of the molecule is CCNC(=NCc1cccc(C(F)(F)F)c1)NC(C)c1nc(C)c(C(=O)OCC)s1.I. The number of hydrogen-bond donors (Lipinski definition) is 2. The van der Waals surface area contributed by atoms with Crippen molar-refractivity contribution in [3.05, 3.63) is 51.0 Å². The van der Waals surface area contributed by atoms with E-state index in [0.29, 0.717) is 33.6 Å². The highest BCUT2D eigenvalue weighted by Gasteiger charge is 2.30. The second-order valence-electron chi connectivity index (χ2n) is 6.45. The highest BCUT2D eigenvalue weighted by atomic mass is 127. The summed E-state index contributed by atoms with van der Waals surface area (Å²) in [7, 11) is 0. The molecule has 0 radical (unpaired) electrons. The first-order chi connectivity index (χ1) is 14.2. The molecule has 1 heterocycles. The summed E-state index contributed by atoms with van der Waals surface area (Å²) in [6.45, 7) is 8.17. The molecule has 2 aromatic rings. The first-order valence-electron chi connectivity index (χ1n) is 9.51. The number of benzene rings is 1. The molecule has 1 atom stereocenters. The van der Waals surface area contributed by atoms with Crippen molar-refractivity contribution < 1.29 is 22.7 Å². The Morgan fingerprint density at radius 3 is 2.65 bits per heavy atom. The molecule has 0 saturated heterocycles. The Morgan fingerprint density at radius 2 is 2.03 bits per heavy atom. The molecule has 1 unspecified atom stereocenters. The maximum Gasteiger partial charge on any atom is 0.416 e. The summed E-state index contributed by atoms with van der Waals surface area (Å²) in [5.74, 6) is 0.0315. The highest BCUT2D eigenvalue weighted by molar-refractivity contribution is 14.0. The molecule has 1 aromatic heterocycles. The van der Waals surface area contributed by atoms with Crippen LogP contribution in [0.25, 0.3) is 0 Å². The van der Waals surface area contributed by atoms with Crippen molar-refractivity contribution >= 4 is 47.2 Å². The molecule has 11 heteroatoms. The molecule has 0 bridgehead atoms. The zero-order valence-electron chi connectivity index (χ0n) is 17.7. The molecule has 2 rings (SSSR count).